The molecule has 1 aliphatic carbocycles. The first-order chi connectivity index (χ1) is 10.3. The highest BCUT2D eigenvalue weighted by Gasteiger charge is 2.23. The number of para-hydroxylation sites is 1. The standard InChI is InChI=1S/C19H21NO/c1-2-13-7-8-14(11-13)20-15-9-10-19-17(12-15)16-5-3-4-6-18(16)21-19/h3-6,9-10,12-14,20H,2,7-8,11H2,1H3. The normalized spacial score (nSPS) is 22.1. The molecule has 0 saturated heterocycles. The molecular weight excluding hydrogens is 258 g/mol. The Hall–Kier alpha value is -1.96. The topological polar surface area (TPSA) is 25.2 Å². The number of hydrogen-bond donors (Lipinski definition) is 1. The van der Waals surface area contributed by atoms with E-state index in [1.165, 1.54) is 42.1 Å². The van der Waals surface area contributed by atoms with E-state index >= 15 is 0 Å². The summed E-state index contributed by atoms with van der Waals surface area (Å²) in [5.41, 5.74) is 3.16. The second-order valence-corrected chi connectivity index (χ2v) is 6.24. The van der Waals surface area contributed by atoms with Crippen molar-refractivity contribution in [2.45, 2.75) is 38.6 Å². The summed E-state index contributed by atoms with van der Waals surface area (Å²) in [5, 5.41) is 6.12. The summed E-state index contributed by atoms with van der Waals surface area (Å²) in [6.07, 6.45) is 5.28. The lowest BCUT2D eigenvalue weighted by Crippen LogP contribution is -2.15. The summed E-state index contributed by atoms with van der Waals surface area (Å²) >= 11 is 0. The zero-order chi connectivity index (χ0) is 14.2. The molecule has 0 radical (unpaired) electrons. The maximum absolute atomic E-state index is 5.88. The molecule has 1 fully saturated rings. The molecule has 3 aromatic rings. The van der Waals surface area contributed by atoms with Gasteiger partial charge in [0.1, 0.15) is 11.2 Å². The van der Waals surface area contributed by atoms with Crippen molar-refractivity contribution >= 4 is 27.6 Å². The van der Waals surface area contributed by atoms with Crippen molar-refractivity contribution in [3.05, 3.63) is 42.5 Å². The minimum absolute atomic E-state index is 0.630. The van der Waals surface area contributed by atoms with Gasteiger partial charge in [-0.15, -0.1) is 0 Å². The average molecular weight is 279 g/mol. The van der Waals surface area contributed by atoms with Gasteiger partial charge < -0.3 is 9.73 Å². The van der Waals surface area contributed by atoms with Crippen molar-refractivity contribution in [3.8, 4) is 0 Å². The molecular formula is C19H21NO. The molecule has 1 aliphatic rings. The van der Waals surface area contributed by atoms with E-state index in [0.717, 1.165) is 17.1 Å². The number of hydrogen-bond acceptors (Lipinski definition) is 2. The number of fused-ring (bicyclic) bond motifs is 3. The van der Waals surface area contributed by atoms with Gasteiger partial charge in [0.05, 0.1) is 0 Å². The molecule has 1 N–H and O–H groups in total. The van der Waals surface area contributed by atoms with E-state index < -0.39 is 0 Å². The van der Waals surface area contributed by atoms with E-state index in [-0.39, 0.29) is 0 Å². The maximum Gasteiger partial charge on any atom is 0.135 e. The molecule has 1 aromatic heterocycles. The van der Waals surface area contributed by atoms with Crippen LogP contribution in [0.2, 0.25) is 0 Å². The third kappa shape index (κ3) is 2.29. The lowest BCUT2D eigenvalue weighted by molar-refractivity contribution is 0.525. The van der Waals surface area contributed by atoms with Crippen LogP contribution in [0.4, 0.5) is 5.69 Å². The van der Waals surface area contributed by atoms with Crippen LogP contribution in [-0.4, -0.2) is 6.04 Å². The predicted molar refractivity (Wildman–Crippen MR) is 88.8 cm³/mol. The second-order valence-electron chi connectivity index (χ2n) is 6.24. The van der Waals surface area contributed by atoms with Gasteiger partial charge in [-0.1, -0.05) is 31.5 Å². The summed E-state index contributed by atoms with van der Waals surface area (Å²) in [6, 6.07) is 15.4. The first kappa shape index (κ1) is 12.8. The van der Waals surface area contributed by atoms with Gasteiger partial charge in [-0.3, -0.25) is 0 Å². The van der Waals surface area contributed by atoms with Gasteiger partial charge in [-0.05, 0) is 49.4 Å². The minimum atomic E-state index is 0.630. The largest absolute Gasteiger partial charge is 0.456 e. The van der Waals surface area contributed by atoms with E-state index in [9.17, 15) is 0 Å². The third-order valence-corrected chi connectivity index (χ3v) is 4.87. The Morgan fingerprint density at radius 3 is 2.76 bits per heavy atom. The number of furan rings is 1. The van der Waals surface area contributed by atoms with Crippen LogP contribution in [0.5, 0.6) is 0 Å². The third-order valence-electron chi connectivity index (χ3n) is 4.87. The molecule has 0 aliphatic heterocycles. The second kappa shape index (κ2) is 5.10. The van der Waals surface area contributed by atoms with Crippen LogP contribution in [0.3, 0.4) is 0 Å². The quantitative estimate of drug-likeness (QED) is 0.677. The Morgan fingerprint density at radius 1 is 1.05 bits per heavy atom. The summed E-state index contributed by atoms with van der Waals surface area (Å²) in [5.74, 6) is 0.904. The number of anilines is 1. The van der Waals surface area contributed by atoms with Crippen LogP contribution in [0.1, 0.15) is 32.6 Å². The van der Waals surface area contributed by atoms with Crippen molar-refractivity contribution in [3.63, 3.8) is 0 Å². The van der Waals surface area contributed by atoms with Crippen LogP contribution in [-0.2, 0) is 0 Å². The fourth-order valence-corrected chi connectivity index (χ4v) is 3.63. The molecule has 2 aromatic carbocycles. The molecule has 1 heterocycles. The van der Waals surface area contributed by atoms with Crippen LogP contribution in [0.15, 0.2) is 46.9 Å². The lowest BCUT2D eigenvalue weighted by Gasteiger charge is -2.14. The molecule has 0 spiro atoms. The number of rotatable bonds is 3. The van der Waals surface area contributed by atoms with Crippen LogP contribution < -0.4 is 5.32 Å². The van der Waals surface area contributed by atoms with E-state index in [4.69, 9.17) is 4.42 Å². The molecule has 1 saturated carbocycles. The Balaban J connectivity index is 1.65. The first-order valence-corrected chi connectivity index (χ1v) is 8.01. The highest BCUT2D eigenvalue weighted by molar-refractivity contribution is 6.05. The fourth-order valence-electron chi connectivity index (χ4n) is 3.63. The van der Waals surface area contributed by atoms with Gasteiger partial charge in [-0.2, -0.15) is 0 Å². The summed E-state index contributed by atoms with van der Waals surface area (Å²) in [7, 11) is 0. The Morgan fingerprint density at radius 2 is 1.90 bits per heavy atom. The molecule has 2 unspecified atom stereocenters. The van der Waals surface area contributed by atoms with E-state index in [1.807, 2.05) is 12.1 Å². The molecule has 0 bridgehead atoms. The van der Waals surface area contributed by atoms with E-state index in [1.54, 1.807) is 0 Å². The van der Waals surface area contributed by atoms with Gasteiger partial charge in [0.25, 0.3) is 0 Å². The van der Waals surface area contributed by atoms with Gasteiger partial charge in [0, 0.05) is 22.5 Å². The van der Waals surface area contributed by atoms with Crippen molar-refractivity contribution in [2.75, 3.05) is 5.32 Å². The monoisotopic (exact) mass is 279 g/mol. The number of nitrogens with one attached hydrogen (secondary N) is 1. The molecule has 2 nitrogen and oxygen atoms in total. The molecule has 21 heavy (non-hydrogen) atoms. The van der Waals surface area contributed by atoms with Crippen molar-refractivity contribution in [1.82, 2.24) is 0 Å². The highest BCUT2D eigenvalue weighted by atomic mass is 16.3. The summed E-state index contributed by atoms with van der Waals surface area (Å²) in [6.45, 7) is 2.30. The SMILES string of the molecule is CCC1CCC(Nc2ccc3oc4ccccc4c3c2)C1. The Labute approximate surface area is 125 Å². The van der Waals surface area contributed by atoms with Crippen molar-refractivity contribution in [2.24, 2.45) is 5.92 Å². The molecule has 2 atom stereocenters. The van der Waals surface area contributed by atoms with Crippen LogP contribution in [0, 0.1) is 5.92 Å². The lowest BCUT2D eigenvalue weighted by atomic mass is 10.1. The van der Waals surface area contributed by atoms with E-state index in [0.29, 0.717) is 6.04 Å². The van der Waals surface area contributed by atoms with Gasteiger partial charge in [0.15, 0.2) is 0 Å². The van der Waals surface area contributed by atoms with Crippen LogP contribution in [0.25, 0.3) is 21.9 Å². The average Bonchev–Trinajstić information content (AvgIpc) is 3.11. The van der Waals surface area contributed by atoms with Crippen molar-refractivity contribution < 1.29 is 4.42 Å². The van der Waals surface area contributed by atoms with Crippen LogP contribution >= 0.6 is 0 Å². The smallest absolute Gasteiger partial charge is 0.135 e. The zero-order valence-corrected chi connectivity index (χ0v) is 12.4. The fraction of sp³-hybridized carbons (Fsp3) is 0.368. The zero-order valence-electron chi connectivity index (χ0n) is 12.4. The summed E-state index contributed by atoms with van der Waals surface area (Å²) < 4.78 is 5.88. The molecule has 0 amide bonds. The molecule has 108 valence electrons. The maximum atomic E-state index is 5.88. The Kier molecular flexibility index (Phi) is 3.10. The summed E-state index contributed by atoms with van der Waals surface area (Å²) in [4.78, 5) is 0. The minimum Gasteiger partial charge on any atom is -0.456 e. The van der Waals surface area contributed by atoms with E-state index in [2.05, 4.69) is 42.6 Å². The van der Waals surface area contributed by atoms with Gasteiger partial charge >= 0.3 is 0 Å². The number of benzene rings is 2. The highest BCUT2D eigenvalue weighted by Crippen LogP contribution is 2.33. The Bertz CT molecular complexity index is 773. The van der Waals surface area contributed by atoms with Gasteiger partial charge in [-0.25, -0.2) is 0 Å². The predicted octanol–water partition coefficient (Wildman–Crippen LogP) is 5.58. The van der Waals surface area contributed by atoms with Crippen molar-refractivity contribution in [1.29, 1.82) is 0 Å². The van der Waals surface area contributed by atoms with Gasteiger partial charge in [0.2, 0.25) is 0 Å². The molecule has 2 heteroatoms. The first-order valence-electron chi connectivity index (χ1n) is 8.01. The molecule has 4 rings (SSSR count).